The van der Waals surface area contributed by atoms with Gasteiger partial charge in [-0.2, -0.15) is 5.10 Å². The van der Waals surface area contributed by atoms with Crippen LogP contribution in [0.3, 0.4) is 0 Å². The van der Waals surface area contributed by atoms with E-state index in [0.717, 1.165) is 12.2 Å². The first-order valence-electron chi connectivity index (χ1n) is 5.74. The van der Waals surface area contributed by atoms with Crippen LogP contribution in [0.2, 0.25) is 0 Å². The Hall–Kier alpha value is -1.57. The van der Waals surface area contributed by atoms with Crippen LogP contribution >= 0.6 is 0 Å². The predicted octanol–water partition coefficient (Wildman–Crippen LogP) is 3.36. The second-order valence-electron chi connectivity index (χ2n) is 4.51. The third-order valence-corrected chi connectivity index (χ3v) is 2.79. The Labute approximate surface area is 96.9 Å². The van der Waals surface area contributed by atoms with Gasteiger partial charge in [-0.1, -0.05) is 44.2 Å². The van der Waals surface area contributed by atoms with Crippen LogP contribution in [-0.2, 0) is 6.54 Å². The van der Waals surface area contributed by atoms with Crippen molar-refractivity contribution in [3.05, 3.63) is 53.3 Å². The topological polar surface area (TPSA) is 17.8 Å². The van der Waals surface area contributed by atoms with E-state index in [1.54, 1.807) is 0 Å². The van der Waals surface area contributed by atoms with Crippen LogP contribution in [-0.4, -0.2) is 9.78 Å². The van der Waals surface area contributed by atoms with Gasteiger partial charge in [0.05, 0.1) is 12.2 Å². The molecule has 2 rings (SSSR count). The van der Waals surface area contributed by atoms with E-state index in [2.05, 4.69) is 56.3 Å². The molecule has 2 nitrogen and oxygen atoms in total. The second kappa shape index (κ2) is 4.52. The van der Waals surface area contributed by atoms with E-state index in [4.69, 9.17) is 0 Å². The Bertz CT molecular complexity index is 455. The van der Waals surface area contributed by atoms with Crippen molar-refractivity contribution in [2.24, 2.45) is 0 Å². The molecule has 0 aliphatic heterocycles. The lowest BCUT2D eigenvalue weighted by atomic mass is 10.1. The number of aromatic nitrogens is 2. The minimum atomic E-state index is 0.546. The molecular weight excluding hydrogens is 196 g/mol. The summed E-state index contributed by atoms with van der Waals surface area (Å²) in [6.07, 6.45) is 2.16. The average molecular weight is 214 g/mol. The van der Waals surface area contributed by atoms with E-state index in [0.29, 0.717) is 5.92 Å². The maximum atomic E-state index is 4.54. The molecule has 0 aliphatic rings. The summed E-state index contributed by atoms with van der Waals surface area (Å²) in [7, 11) is 0. The molecule has 0 aliphatic carbocycles. The molecule has 1 heterocycles. The summed E-state index contributed by atoms with van der Waals surface area (Å²) >= 11 is 0. The van der Waals surface area contributed by atoms with Gasteiger partial charge in [0.2, 0.25) is 0 Å². The highest BCUT2D eigenvalue weighted by molar-refractivity contribution is 5.21. The molecule has 1 aromatic carbocycles. The van der Waals surface area contributed by atoms with Crippen molar-refractivity contribution in [1.82, 2.24) is 9.78 Å². The zero-order valence-electron chi connectivity index (χ0n) is 10.1. The van der Waals surface area contributed by atoms with Crippen molar-refractivity contribution in [3.8, 4) is 0 Å². The van der Waals surface area contributed by atoms with Gasteiger partial charge in [0.1, 0.15) is 0 Å². The fourth-order valence-corrected chi connectivity index (χ4v) is 1.95. The smallest absolute Gasteiger partial charge is 0.0659 e. The molecule has 0 saturated heterocycles. The van der Waals surface area contributed by atoms with Gasteiger partial charge >= 0.3 is 0 Å². The normalized spacial score (nSPS) is 11.0. The minimum absolute atomic E-state index is 0.546. The van der Waals surface area contributed by atoms with Crippen molar-refractivity contribution in [1.29, 1.82) is 0 Å². The summed E-state index contributed by atoms with van der Waals surface area (Å²) in [6.45, 7) is 7.35. The van der Waals surface area contributed by atoms with Gasteiger partial charge in [-0.15, -0.1) is 0 Å². The van der Waals surface area contributed by atoms with Crippen LogP contribution in [0.4, 0.5) is 0 Å². The van der Waals surface area contributed by atoms with Gasteiger partial charge in [-0.05, 0) is 24.0 Å². The molecule has 0 saturated carbocycles. The summed E-state index contributed by atoms with van der Waals surface area (Å²) in [4.78, 5) is 0. The fourth-order valence-electron chi connectivity index (χ4n) is 1.95. The summed E-state index contributed by atoms with van der Waals surface area (Å²) in [5.74, 6) is 0.546. The Kier molecular flexibility index (Phi) is 3.09. The molecule has 0 bridgehead atoms. The monoisotopic (exact) mass is 214 g/mol. The van der Waals surface area contributed by atoms with Crippen molar-refractivity contribution in [2.45, 2.75) is 33.2 Å². The molecule has 84 valence electrons. The molecule has 0 spiro atoms. The quantitative estimate of drug-likeness (QED) is 0.766. The number of hydrogen-bond acceptors (Lipinski definition) is 1. The predicted molar refractivity (Wildman–Crippen MR) is 66.6 cm³/mol. The lowest BCUT2D eigenvalue weighted by Gasteiger charge is -2.01. The van der Waals surface area contributed by atoms with Gasteiger partial charge in [0.15, 0.2) is 0 Å². The third-order valence-electron chi connectivity index (χ3n) is 2.79. The molecule has 0 radical (unpaired) electrons. The SMILES string of the molecule is Cc1nn(Cc2ccccc2)cc1C(C)C. The van der Waals surface area contributed by atoms with Gasteiger partial charge < -0.3 is 0 Å². The van der Waals surface area contributed by atoms with Crippen LogP contribution in [0.15, 0.2) is 36.5 Å². The zero-order valence-corrected chi connectivity index (χ0v) is 10.1. The Balaban J connectivity index is 2.20. The lowest BCUT2D eigenvalue weighted by molar-refractivity contribution is 0.679. The average Bonchev–Trinajstić information content (AvgIpc) is 2.61. The van der Waals surface area contributed by atoms with Crippen molar-refractivity contribution < 1.29 is 0 Å². The summed E-state index contributed by atoms with van der Waals surface area (Å²) < 4.78 is 2.03. The molecule has 0 unspecified atom stereocenters. The van der Waals surface area contributed by atoms with Gasteiger partial charge in [-0.3, -0.25) is 4.68 Å². The first-order valence-corrected chi connectivity index (χ1v) is 5.74. The van der Waals surface area contributed by atoms with E-state index >= 15 is 0 Å². The first kappa shape index (κ1) is 10.9. The number of rotatable bonds is 3. The number of nitrogens with zero attached hydrogens (tertiary/aromatic N) is 2. The van der Waals surface area contributed by atoms with E-state index in [1.165, 1.54) is 11.1 Å². The molecule has 0 fully saturated rings. The molecule has 1 aromatic heterocycles. The lowest BCUT2D eigenvalue weighted by Crippen LogP contribution is -1.99. The Morgan fingerprint density at radius 1 is 1.19 bits per heavy atom. The van der Waals surface area contributed by atoms with E-state index < -0.39 is 0 Å². The number of aryl methyl sites for hydroxylation is 1. The van der Waals surface area contributed by atoms with E-state index in [1.807, 2.05) is 10.7 Å². The number of benzene rings is 1. The van der Waals surface area contributed by atoms with Crippen LogP contribution < -0.4 is 0 Å². The van der Waals surface area contributed by atoms with Crippen molar-refractivity contribution >= 4 is 0 Å². The third kappa shape index (κ3) is 2.32. The highest BCUT2D eigenvalue weighted by atomic mass is 15.3. The second-order valence-corrected chi connectivity index (χ2v) is 4.51. The van der Waals surface area contributed by atoms with Gasteiger partial charge in [0, 0.05) is 6.20 Å². The van der Waals surface area contributed by atoms with Gasteiger partial charge in [-0.25, -0.2) is 0 Å². The minimum Gasteiger partial charge on any atom is -0.268 e. The van der Waals surface area contributed by atoms with Gasteiger partial charge in [0.25, 0.3) is 0 Å². The van der Waals surface area contributed by atoms with Crippen LogP contribution in [0, 0.1) is 6.92 Å². The fraction of sp³-hybridized carbons (Fsp3) is 0.357. The van der Waals surface area contributed by atoms with E-state index in [9.17, 15) is 0 Å². The van der Waals surface area contributed by atoms with Crippen LogP contribution in [0.1, 0.15) is 36.6 Å². The molecule has 0 amide bonds. The molecule has 0 N–H and O–H groups in total. The first-order chi connectivity index (χ1) is 7.66. The van der Waals surface area contributed by atoms with Crippen LogP contribution in [0.5, 0.6) is 0 Å². The molecule has 0 atom stereocenters. The molecule has 16 heavy (non-hydrogen) atoms. The summed E-state index contributed by atoms with van der Waals surface area (Å²) in [5, 5.41) is 4.54. The summed E-state index contributed by atoms with van der Waals surface area (Å²) in [6, 6.07) is 10.4. The van der Waals surface area contributed by atoms with E-state index in [-0.39, 0.29) is 0 Å². The number of hydrogen-bond donors (Lipinski definition) is 0. The maximum Gasteiger partial charge on any atom is 0.0659 e. The van der Waals surface area contributed by atoms with Crippen LogP contribution in [0.25, 0.3) is 0 Å². The largest absolute Gasteiger partial charge is 0.268 e. The highest BCUT2D eigenvalue weighted by Gasteiger charge is 2.08. The molecule has 2 aromatic rings. The van der Waals surface area contributed by atoms with Crippen molar-refractivity contribution in [2.75, 3.05) is 0 Å². The maximum absolute atomic E-state index is 4.54. The highest BCUT2D eigenvalue weighted by Crippen LogP contribution is 2.17. The Morgan fingerprint density at radius 2 is 1.88 bits per heavy atom. The Morgan fingerprint density at radius 3 is 2.44 bits per heavy atom. The van der Waals surface area contributed by atoms with Crippen molar-refractivity contribution in [3.63, 3.8) is 0 Å². The standard InChI is InChI=1S/C14H18N2/c1-11(2)14-10-16(15-12(14)3)9-13-7-5-4-6-8-13/h4-8,10-11H,9H2,1-3H3. The summed E-state index contributed by atoms with van der Waals surface area (Å²) in [5.41, 5.74) is 3.78. The molecular formula is C14H18N2. The zero-order chi connectivity index (χ0) is 11.5. The molecule has 2 heteroatoms.